The summed E-state index contributed by atoms with van der Waals surface area (Å²) in [6, 6.07) is -0.824. The number of rotatable bonds is 53. The maximum Gasteiger partial charge on any atom is 0.220 e. The molecule has 1 aliphatic heterocycles. The summed E-state index contributed by atoms with van der Waals surface area (Å²) in [5.41, 5.74) is 0. The van der Waals surface area contributed by atoms with Crippen molar-refractivity contribution < 1.29 is 39.8 Å². The lowest BCUT2D eigenvalue weighted by Gasteiger charge is -2.40. The summed E-state index contributed by atoms with van der Waals surface area (Å²) in [7, 11) is 0. The van der Waals surface area contributed by atoms with Crippen molar-refractivity contribution in [2.45, 2.75) is 339 Å². The first-order valence-corrected chi connectivity index (χ1v) is 30.7. The third-order valence-electron chi connectivity index (χ3n) is 14.8. The molecule has 1 fully saturated rings. The first-order chi connectivity index (χ1) is 34.8. The molecule has 0 aromatic carbocycles. The van der Waals surface area contributed by atoms with Gasteiger partial charge >= 0.3 is 0 Å². The van der Waals surface area contributed by atoms with Gasteiger partial charge in [-0.25, -0.2) is 0 Å². The fourth-order valence-corrected chi connectivity index (χ4v) is 9.96. The van der Waals surface area contributed by atoms with E-state index in [1.54, 1.807) is 6.08 Å². The van der Waals surface area contributed by atoms with Crippen molar-refractivity contribution in [1.82, 2.24) is 5.32 Å². The highest BCUT2D eigenvalue weighted by molar-refractivity contribution is 5.76. The molecule has 1 saturated heterocycles. The van der Waals surface area contributed by atoms with E-state index in [1.807, 2.05) is 19.1 Å². The van der Waals surface area contributed by atoms with Crippen molar-refractivity contribution in [2.24, 2.45) is 0 Å². The maximum absolute atomic E-state index is 13.0. The molecule has 0 aromatic rings. The predicted molar refractivity (Wildman–Crippen MR) is 300 cm³/mol. The fourth-order valence-electron chi connectivity index (χ4n) is 9.96. The van der Waals surface area contributed by atoms with Gasteiger partial charge in [-0.3, -0.25) is 4.79 Å². The van der Waals surface area contributed by atoms with Crippen LogP contribution < -0.4 is 5.32 Å². The van der Waals surface area contributed by atoms with Gasteiger partial charge < -0.3 is 40.3 Å². The Morgan fingerprint density at radius 1 is 0.493 bits per heavy atom. The van der Waals surface area contributed by atoms with Crippen molar-refractivity contribution in [3.8, 4) is 0 Å². The van der Waals surface area contributed by atoms with Crippen LogP contribution in [0.4, 0.5) is 0 Å². The summed E-state index contributed by atoms with van der Waals surface area (Å²) in [4.78, 5) is 13.0. The van der Waals surface area contributed by atoms with Crippen LogP contribution in [-0.4, -0.2) is 87.5 Å². The van der Waals surface area contributed by atoms with Gasteiger partial charge in [-0.1, -0.05) is 287 Å². The molecule has 7 atom stereocenters. The molecule has 1 heterocycles. The highest BCUT2D eigenvalue weighted by atomic mass is 16.7. The van der Waals surface area contributed by atoms with Crippen molar-refractivity contribution in [2.75, 3.05) is 13.2 Å². The number of allylic oxidation sites excluding steroid dienone is 5. The van der Waals surface area contributed by atoms with Crippen LogP contribution in [0.2, 0.25) is 0 Å². The fraction of sp³-hybridized carbons (Fsp3) is 0.887. The Hall–Kier alpha value is -1.59. The standard InChI is InChI=1S/C62H117NO8/c1-3-5-7-9-11-13-14-15-16-17-18-19-20-21-22-23-24-25-26-27-28-29-30-31-32-33-34-35-36-37-38-39-40-41-42-44-46-48-50-52-58(66)63-55(56(65)51-49-47-45-43-12-10-8-6-4-2)54-70-62-61(69)60(68)59(67)57(53-64)71-62/h4,6,12,43,49,51,55-57,59-62,64-65,67-69H,3,5,7-11,13-42,44-48,50,52-54H2,1-2H3,(H,63,66)/b6-4+,43-12+,51-49+. The highest BCUT2D eigenvalue weighted by Crippen LogP contribution is 2.23. The second-order valence-corrected chi connectivity index (χ2v) is 21.5. The number of aliphatic hydroxyl groups is 5. The van der Waals surface area contributed by atoms with Gasteiger partial charge in [0.2, 0.25) is 5.91 Å². The third-order valence-corrected chi connectivity index (χ3v) is 14.8. The molecule has 0 aromatic heterocycles. The molecule has 0 saturated carbocycles. The van der Waals surface area contributed by atoms with E-state index < -0.39 is 49.5 Å². The van der Waals surface area contributed by atoms with E-state index >= 15 is 0 Å². The molecular formula is C62H117NO8. The number of unbranched alkanes of at least 4 members (excludes halogenated alkanes) is 40. The van der Waals surface area contributed by atoms with E-state index in [4.69, 9.17) is 9.47 Å². The van der Waals surface area contributed by atoms with E-state index in [0.29, 0.717) is 6.42 Å². The number of carbonyl (C=O) groups is 1. The lowest BCUT2D eigenvalue weighted by atomic mass is 9.99. The average Bonchev–Trinajstić information content (AvgIpc) is 3.37. The number of carbonyl (C=O) groups excluding carboxylic acids is 1. The Bertz CT molecular complexity index is 1210. The largest absolute Gasteiger partial charge is 0.394 e. The molecule has 6 N–H and O–H groups in total. The van der Waals surface area contributed by atoms with E-state index in [-0.39, 0.29) is 12.5 Å². The summed E-state index contributed by atoms with van der Waals surface area (Å²) in [6.45, 7) is 3.54. The molecule has 9 heteroatoms. The minimum Gasteiger partial charge on any atom is -0.394 e. The van der Waals surface area contributed by atoms with Crippen LogP contribution in [0, 0.1) is 0 Å². The number of nitrogens with one attached hydrogen (secondary N) is 1. The van der Waals surface area contributed by atoms with Crippen LogP contribution >= 0.6 is 0 Å². The number of hydrogen-bond acceptors (Lipinski definition) is 8. The minimum atomic E-state index is -1.57. The molecule has 71 heavy (non-hydrogen) atoms. The summed E-state index contributed by atoms with van der Waals surface area (Å²) >= 11 is 0. The van der Waals surface area contributed by atoms with Crippen molar-refractivity contribution in [1.29, 1.82) is 0 Å². The SMILES string of the molecule is C/C=C/CC/C=C/CC/C=C/C(O)C(COC1OC(CO)C(O)C(O)C1O)NC(=O)CCCCCCCCCCCCCCCCCCCCCCCCCCCCCCCCCCCCCCCCC. The Labute approximate surface area is 438 Å². The Morgan fingerprint density at radius 3 is 1.18 bits per heavy atom. The molecule has 9 nitrogen and oxygen atoms in total. The van der Waals surface area contributed by atoms with Crippen LogP contribution in [0.1, 0.15) is 296 Å². The Morgan fingerprint density at radius 2 is 0.831 bits per heavy atom. The van der Waals surface area contributed by atoms with Gasteiger partial charge in [0.15, 0.2) is 6.29 Å². The number of amides is 1. The first-order valence-electron chi connectivity index (χ1n) is 30.7. The van der Waals surface area contributed by atoms with Crippen LogP contribution in [0.15, 0.2) is 36.5 Å². The second-order valence-electron chi connectivity index (χ2n) is 21.5. The second kappa shape index (κ2) is 51.9. The molecule has 0 aliphatic carbocycles. The molecule has 0 bridgehead atoms. The van der Waals surface area contributed by atoms with E-state index in [9.17, 15) is 30.3 Å². The van der Waals surface area contributed by atoms with Crippen molar-refractivity contribution >= 4 is 5.91 Å². The zero-order chi connectivity index (χ0) is 51.5. The van der Waals surface area contributed by atoms with Crippen LogP contribution in [0.5, 0.6) is 0 Å². The van der Waals surface area contributed by atoms with Gasteiger partial charge in [-0.05, 0) is 39.0 Å². The van der Waals surface area contributed by atoms with E-state index in [1.165, 1.54) is 231 Å². The topological polar surface area (TPSA) is 149 Å². The zero-order valence-corrected chi connectivity index (χ0v) is 46.5. The number of ether oxygens (including phenoxy) is 2. The summed E-state index contributed by atoms with van der Waals surface area (Å²) in [5, 5.41) is 54.2. The van der Waals surface area contributed by atoms with Gasteiger partial charge in [0.1, 0.15) is 24.4 Å². The molecule has 1 rings (SSSR count). The number of hydrogen-bond donors (Lipinski definition) is 6. The van der Waals surface area contributed by atoms with Crippen LogP contribution in [0.25, 0.3) is 0 Å². The van der Waals surface area contributed by atoms with Gasteiger partial charge in [0.25, 0.3) is 0 Å². The molecule has 7 unspecified atom stereocenters. The van der Waals surface area contributed by atoms with E-state index in [0.717, 1.165) is 44.9 Å². The number of aliphatic hydroxyl groups excluding tert-OH is 5. The molecule has 1 amide bonds. The monoisotopic (exact) mass is 1000 g/mol. The van der Waals surface area contributed by atoms with Crippen molar-refractivity contribution in [3.05, 3.63) is 36.5 Å². The lowest BCUT2D eigenvalue weighted by Crippen LogP contribution is -2.60. The van der Waals surface area contributed by atoms with Crippen LogP contribution in [-0.2, 0) is 14.3 Å². The predicted octanol–water partition coefficient (Wildman–Crippen LogP) is 15.5. The zero-order valence-electron chi connectivity index (χ0n) is 46.5. The molecule has 0 radical (unpaired) electrons. The lowest BCUT2D eigenvalue weighted by molar-refractivity contribution is -0.302. The van der Waals surface area contributed by atoms with Gasteiger partial charge in [0, 0.05) is 6.42 Å². The maximum atomic E-state index is 13.0. The minimum absolute atomic E-state index is 0.189. The highest BCUT2D eigenvalue weighted by Gasteiger charge is 2.44. The summed E-state index contributed by atoms with van der Waals surface area (Å²) in [5.74, 6) is -0.189. The van der Waals surface area contributed by atoms with Crippen LogP contribution in [0.3, 0.4) is 0 Å². The summed E-state index contributed by atoms with van der Waals surface area (Å²) in [6.07, 6.45) is 61.7. The quantitative estimate of drug-likeness (QED) is 0.0261. The molecule has 1 aliphatic rings. The molecular weight excluding hydrogens is 887 g/mol. The van der Waals surface area contributed by atoms with Gasteiger partial charge in [0.05, 0.1) is 25.4 Å². The van der Waals surface area contributed by atoms with Gasteiger partial charge in [-0.2, -0.15) is 0 Å². The third kappa shape index (κ3) is 41.4. The summed E-state index contributed by atoms with van der Waals surface area (Å²) < 4.78 is 11.2. The van der Waals surface area contributed by atoms with E-state index in [2.05, 4.69) is 30.5 Å². The van der Waals surface area contributed by atoms with Crippen molar-refractivity contribution in [3.63, 3.8) is 0 Å². The smallest absolute Gasteiger partial charge is 0.220 e. The Balaban J connectivity index is 1.97. The first kappa shape index (κ1) is 67.4. The van der Waals surface area contributed by atoms with Gasteiger partial charge in [-0.15, -0.1) is 0 Å². The molecule has 418 valence electrons. The average molecular weight is 1000 g/mol. The Kier molecular flexibility index (Phi) is 49.3. The normalized spacial score (nSPS) is 19.5. The molecule has 0 spiro atoms.